The highest BCUT2D eigenvalue weighted by Gasteiger charge is 2.06. The Kier molecular flexibility index (Phi) is 5.65. The first-order chi connectivity index (χ1) is 8.21. The summed E-state index contributed by atoms with van der Waals surface area (Å²) in [4.78, 5) is 0. The molecular formula is C14H18FNO. The number of rotatable bonds is 6. The van der Waals surface area contributed by atoms with Crippen LogP contribution < -0.4 is 0 Å². The van der Waals surface area contributed by atoms with Crippen LogP contribution in [0, 0.1) is 23.1 Å². The quantitative estimate of drug-likeness (QED) is 0.754. The molecule has 0 amide bonds. The highest BCUT2D eigenvalue weighted by molar-refractivity contribution is 5.33. The lowest BCUT2D eigenvalue weighted by molar-refractivity contribution is 0.0825. The van der Waals surface area contributed by atoms with Crippen molar-refractivity contribution in [2.24, 2.45) is 5.92 Å². The molecule has 17 heavy (non-hydrogen) atoms. The first-order valence-corrected chi connectivity index (χ1v) is 5.97. The van der Waals surface area contributed by atoms with E-state index >= 15 is 0 Å². The summed E-state index contributed by atoms with van der Waals surface area (Å²) in [5, 5.41) is 8.73. The SMILES string of the molecule is CCC(CC)COCc1cc(C#N)ccc1F. The van der Waals surface area contributed by atoms with Gasteiger partial charge in [0.15, 0.2) is 0 Å². The van der Waals surface area contributed by atoms with E-state index < -0.39 is 0 Å². The number of nitrogens with zero attached hydrogens (tertiary/aromatic N) is 1. The van der Waals surface area contributed by atoms with Gasteiger partial charge in [-0.05, 0) is 24.1 Å². The van der Waals surface area contributed by atoms with E-state index in [2.05, 4.69) is 13.8 Å². The van der Waals surface area contributed by atoms with Crippen molar-refractivity contribution in [1.82, 2.24) is 0 Å². The Balaban J connectivity index is 2.54. The lowest BCUT2D eigenvalue weighted by atomic mass is 10.1. The summed E-state index contributed by atoms with van der Waals surface area (Å²) in [6, 6.07) is 6.32. The lowest BCUT2D eigenvalue weighted by Gasteiger charge is -2.12. The highest BCUT2D eigenvalue weighted by atomic mass is 19.1. The van der Waals surface area contributed by atoms with Crippen LogP contribution in [0.3, 0.4) is 0 Å². The lowest BCUT2D eigenvalue weighted by Crippen LogP contribution is -2.08. The Morgan fingerprint density at radius 2 is 2.06 bits per heavy atom. The van der Waals surface area contributed by atoms with Crippen molar-refractivity contribution in [3.8, 4) is 6.07 Å². The van der Waals surface area contributed by atoms with Gasteiger partial charge in [-0.15, -0.1) is 0 Å². The van der Waals surface area contributed by atoms with Gasteiger partial charge in [0.1, 0.15) is 5.82 Å². The maximum atomic E-state index is 13.4. The summed E-state index contributed by atoms with van der Waals surface area (Å²) in [5.41, 5.74) is 0.919. The monoisotopic (exact) mass is 235 g/mol. The van der Waals surface area contributed by atoms with E-state index in [9.17, 15) is 4.39 Å². The molecule has 3 heteroatoms. The summed E-state index contributed by atoms with van der Waals surface area (Å²) in [6.45, 7) is 5.11. The normalized spacial score (nSPS) is 10.5. The number of benzene rings is 1. The molecule has 92 valence electrons. The van der Waals surface area contributed by atoms with Crippen LogP contribution in [-0.2, 0) is 11.3 Å². The molecule has 0 atom stereocenters. The second-order valence-electron chi connectivity index (χ2n) is 4.12. The summed E-state index contributed by atoms with van der Waals surface area (Å²) < 4.78 is 18.9. The van der Waals surface area contributed by atoms with Crippen molar-refractivity contribution in [2.45, 2.75) is 33.3 Å². The van der Waals surface area contributed by atoms with Crippen LogP contribution in [0.25, 0.3) is 0 Å². The van der Waals surface area contributed by atoms with Crippen LogP contribution in [0.2, 0.25) is 0 Å². The van der Waals surface area contributed by atoms with Crippen molar-refractivity contribution >= 4 is 0 Å². The predicted octanol–water partition coefficient (Wildman–Crippen LogP) is 3.65. The summed E-state index contributed by atoms with van der Waals surface area (Å²) in [7, 11) is 0. The molecular weight excluding hydrogens is 217 g/mol. The van der Waals surface area contributed by atoms with Crippen molar-refractivity contribution in [3.63, 3.8) is 0 Å². The third-order valence-electron chi connectivity index (χ3n) is 2.94. The van der Waals surface area contributed by atoms with Crippen LogP contribution in [0.5, 0.6) is 0 Å². The zero-order valence-electron chi connectivity index (χ0n) is 10.4. The van der Waals surface area contributed by atoms with Gasteiger partial charge in [-0.25, -0.2) is 4.39 Å². The third-order valence-corrected chi connectivity index (χ3v) is 2.94. The van der Waals surface area contributed by atoms with Crippen LogP contribution in [-0.4, -0.2) is 6.61 Å². The molecule has 2 nitrogen and oxygen atoms in total. The molecule has 0 heterocycles. The van der Waals surface area contributed by atoms with Crippen LogP contribution in [0.1, 0.15) is 37.8 Å². The number of ether oxygens (including phenoxy) is 1. The molecule has 0 saturated carbocycles. The second-order valence-corrected chi connectivity index (χ2v) is 4.12. The highest BCUT2D eigenvalue weighted by Crippen LogP contribution is 2.13. The Bertz CT molecular complexity index is 394. The van der Waals surface area contributed by atoms with Crippen LogP contribution >= 0.6 is 0 Å². The summed E-state index contributed by atoms with van der Waals surface area (Å²) >= 11 is 0. The Morgan fingerprint density at radius 1 is 1.35 bits per heavy atom. The minimum atomic E-state index is -0.312. The minimum absolute atomic E-state index is 0.234. The van der Waals surface area contributed by atoms with Gasteiger partial charge in [0, 0.05) is 12.2 Å². The van der Waals surface area contributed by atoms with Gasteiger partial charge in [-0.3, -0.25) is 0 Å². The Hall–Kier alpha value is -1.40. The fourth-order valence-corrected chi connectivity index (χ4v) is 1.61. The molecule has 0 N–H and O–H groups in total. The van der Waals surface area contributed by atoms with Crippen molar-refractivity contribution in [1.29, 1.82) is 5.26 Å². The molecule has 0 radical (unpaired) electrons. The maximum Gasteiger partial charge on any atom is 0.128 e. The van der Waals surface area contributed by atoms with Gasteiger partial charge in [-0.1, -0.05) is 26.7 Å². The number of hydrogen-bond acceptors (Lipinski definition) is 2. The van der Waals surface area contributed by atoms with Crippen molar-refractivity contribution in [2.75, 3.05) is 6.61 Å². The molecule has 0 saturated heterocycles. The molecule has 1 aromatic rings. The fraction of sp³-hybridized carbons (Fsp3) is 0.500. The number of halogens is 1. The van der Waals surface area contributed by atoms with Gasteiger partial charge < -0.3 is 4.74 Å². The first-order valence-electron chi connectivity index (χ1n) is 5.97. The smallest absolute Gasteiger partial charge is 0.128 e. The first kappa shape index (κ1) is 13.7. The molecule has 1 rings (SSSR count). The van der Waals surface area contributed by atoms with Gasteiger partial charge in [0.25, 0.3) is 0 Å². The van der Waals surface area contributed by atoms with Gasteiger partial charge >= 0.3 is 0 Å². The molecule has 0 aliphatic heterocycles. The zero-order valence-corrected chi connectivity index (χ0v) is 10.4. The van der Waals surface area contributed by atoms with Gasteiger partial charge in [0.2, 0.25) is 0 Å². The Labute approximate surface area is 102 Å². The van der Waals surface area contributed by atoms with E-state index in [0.717, 1.165) is 12.8 Å². The van der Waals surface area contributed by atoms with Gasteiger partial charge in [-0.2, -0.15) is 5.26 Å². The summed E-state index contributed by atoms with van der Waals surface area (Å²) in [6.07, 6.45) is 2.13. The standard InChI is InChI=1S/C14H18FNO/c1-3-11(4-2)9-17-10-13-7-12(8-16)5-6-14(13)15/h5-7,11H,3-4,9-10H2,1-2H3. The minimum Gasteiger partial charge on any atom is -0.376 e. The topological polar surface area (TPSA) is 33.0 Å². The van der Waals surface area contributed by atoms with Gasteiger partial charge in [0.05, 0.1) is 18.2 Å². The average Bonchev–Trinajstić information content (AvgIpc) is 2.36. The van der Waals surface area contributed by atoms with E-state index in [-0.39, 0.29) is 12.4 Å². The van der Waals surface area contributed by atoms with Crippen LogP contribution in [0.4, 0.5) is 4.39 Å². The summed E-state index contributed by atoms with van der Waals surface area (Å²) in [5.74, 6) is 0.214. The van der Waals surface area contributed by atoms with E-state index in [1.165, 1.54) is 12.1 Å². The zero-order chi connectivity index (χ0) is 12.7. The van der Waals surface area contributed by atoms with E-state index in [0.29, 0.717) is 23.7 Å². The molecule has 0 aliphatic carbocycles. The largest absolute Gasteiger partial charge is 0.376 e. The predicted molar refractivity (Wildman–Crippen MR) is 64.8 cm³/mol. The van der Waals surface area contributed by atoms with Crippen LogP contribution in [0.15, 0.2) is 18.2 Å². The van der Waals surface area contributed by atoms with E-state index in [4.69, 9.17) is 10.00 Å². The fourth-order valence-electron chi connectivity index (χ4n) is 1.61. The van der Waals surface area contributed by atoms with Crippen molar-refractivity contribution < 1.29 is 9.13 Å². The molecule has 1 aromatic carbocycles. The van der Waals surface area contributed by atoms with Crippen molar-refractivity contribution in [3.05, 3.63) is 35.1 Å². The molecule has 0 aliphatic rings. The molecule has 0 spiro atoms. The average molecular weight is 235 g/mol. The molecule has 0 fully saturated rings. The molecule has 0 unspecified atom stereocenters. The maximum absolute atomic E-state index is 13.4. The number of hydrogen-bond donors (Lipinski definition) is 0. The third kappa shape index (κ3) is 4.16. The Morgan fingerprint density at radius 3 is 2.65 bits per heavy atom. The second kappa shape index (κ2) is 7.03. The molecule has 0 aromatic heterocycles. The van der Waals surface area contributed by atoms with E-state index in [1.54, 1.807) is 6.07 Å². The number of nitriles is 1. The molecule has 0 bridgehead atoms. The van der Waals surface area contributed by atoms with E-state index in [1.807, 2.05) is 6.07 Å².